The summed E-state index contributed by atoms with van der Waals surface area (Å²) < 4.78 is 13.1. The smallest absolute Gasteiger partial charge is 0.313 e. The van der Waals surface area contributed by atoms with Gasteiger partial charge in [0.05, 0.1) is 36.6 Å². The molecule has 3 fully saturated rings. The first kappa shape index (κ1) is 39.8. The van der Waals surface area contributed by atoms with E-state index in [1.165, 1.54) is 4.90 Å². The van der Waals surface area contributed by atoms with Crippen LogP contribution in [0.2, 0.25) is 0 Å². The molecule has 1 spiro atoms. The van der Waals surface area contributed by atoms with Crippen LogP contribution in [0, 0.1) is 17.8 Å². The summed E-state index contributed by atoms with van der Waals surface area (Å²) >= 11 is 3.76. The van der Waals surface area contributed by atoms with E-state index < -0.39 is 53.7 Å². The number of ether oxygens (including phenoxy) is 2. The first-order valence-electron chi connectivity index (χ1n) is 18.1. The average Bonchev–Trinajstić information content (AvgIpc) is 3.70. The third-order valence-electron chi connectivity index (χ3n) is 10.6. The third-order valence-corrected chi connectivity index (χ3v) is 11.5. The van der Waals surface area contributed by atoms with Gasteiger partial charge in [-0.2, -0.15) is 0 Å². The van der Waals surface area contributed by atoms with Crippen LogP contribution in [-0.2, 0) is 28.7 Å². The van der Waals surface area contributed by atoms with Crippen molar-refractivity contribution >= 4 is 39.6 Å². The van der Waals surface area contributed by atoms with E-state index in [2.05, 4.69) is 36.0 Å². The van der Waals surface area contributed by atoms with Crippen molar-refractivity contribution in [3.05, 3.63) is 61.2 Å². The Labute approximate surface area is 306 Å². The normalized spacial score (nSPS) is 27.1. The van der Waals surface area contributed by atoms with Crippen molar-refractivity contribution < 1.29 is 33.8 Å². The lowest BCUT2D eigenvalue weighted by Gasteiger charge is -2.40. The Balaban J connectivity index is 1.75. The Morgan fingerprint density at radius 1 is 1.16 bits per heavy atom. The number of carbonyl (C=O) groups excluding carboxylic acids is 4. The summed E-state index contributed by atoms with van der Waals surface area (Å²) in [5.74, 6) is -3.22. The fourth-order valence-electron chi connectivity index (χ4n) is 8.13. The van der Waals surface area contributed by atoms with Crippen molar-refractivity contribution in [2.75, 3.05) is 26.7 Å². The molecule has 3 aliphatic heterocycles. The lowest BCUT2D eigenvalue weighted by atomic mass is 9.70. The van der Waals surface area contributed by atoms with Crippen LogP contribution in [-0.4, -0.2) is 105 Å². The van der Waals surface area contributed by atoms with Gasteiger partial charge in [-0.3, -0.25) is 19.2 Å². The van der Waals surface area contributed by atoms with Gasteiger partial charge in [0.1, 0.15) is 17.7 Å². The number of alkyl halides is 1. The first-order valence-corrected chi connectivity index (χ1v) is 19.1. The van der Waals surface area contributed by atoms with Gasteiger partial charge in [-0.1, -0.05) is 92.0 Å². The van der Waals surface area contributed by atoms with E-state index >= 15 is 0 Å². The molecule has 3 aliphatic rings. The predicted octanol–water partition coefficient (Wildman–Crippen LogP) is 5.44. The Kier molecular flexibility index (Phi) is 13.9. The molecule has 0 radical (unpaired) electrons. The minimum atomic E-state index is -1.30. The van der Waals surface area contributed by atoms with Gasteiger partial charge in [0.25, 0.3) is 0 Å². The van der Waals surface area contributed by atoms with Gasteiger partial charge in [0, 0.05) is 31.4 Å². The zero-order chi connectivity index (χ0) is 36.7. The van der Waals surface area contributed by atoms with E-state index in [-0.39, 0.29) is 41.5 Å². The van der Waals surface area contributed by atoms with Crippen LogP contribution in [0.1, 0.15) is 84.3 Å². The number of likely N-dealkylation sites (tertiary alicyclic amines) is 1. The Bertz CT molecular complexity index is 1370. The van der Waals surface area contributed by atoms with Crippen LogP contribution in [0.3, 0.4) is 0 Å². The quantitative estimate of drug-likeness (QED) is 0.0865. The molecule has 4 rings (SSSR count). The van der Waals surface area contributed by atoms with Gasteiger partial charge in [-0.25, -0.2) is 0 Å². The van der Waals surface area contributed by atoms with Crippen molar-refractivity contribution in [2.45, 2.75) is 113 Å². The molecule has 276 valence electrons. The predicted molar refractivity (Wildman–Crippen MR) is 196 cm³/mol. The van der Waals surface area contributed by atoms with Crippen molar-refractivity contribution in [2.24, 2.45) is 17.8 Å². The maximum atomic E-state index is 14.8. The number of fused-ring (bicyclic) bond motifs is 1. The summed E-state index contributed by atoms with van der Waals surface area (Å²) in [6.45, 7) is 16.0. The number of benzene rings is 1. The SMILES string of the molecule is C=CCCC(=O)N(C)[C@@H](C)[C@@H](OC(=O)[C@H]1[C@@H]2O[C@@]3(CC2Br)[C@@H]1C(=O)N([C@@H](CO)CC(C)C)[C@@H]3C(=O)N(CC=C)CCCCC)c1ccccc1. The maximum absolute atomic E-state index is 14.8. The third kappa shape index (κ3) is 7.89. The number of allylic oxidation sites excluding steroid dienone is 1. The van der Waals surface area contributed by atoms with Crippen LogP contribution in [0.15, 0.2) is 55.6 Å². The van der Waals surface area contributed by atoms with E-state index in [9.17, 15) is 24.3 Å². The molecule has 1 N–H and O–H groups in total. The second kappa shape index (κ2) is 17.5. The van der Waals surface area contributed by atoms with E-state index in [0.717, 1.165) is 19.3 Å². The van der Waals surface area contributed by atoms with Gasteiger partial charge in [0.2, 0.25) is 17.7 Å². The van der Waals surface area contributed by atoms with E-state index in [4.69, 9.17) is 9.47 Å². The highest BCUT2D eigenvalue weighted by Crippen LogP contribution is 2.61. The highest BCUT2D eigenvalue weighted by atomic mass is 79.9. The number of aliphatic hydroxyl groups is 1. The van der Waals surface area contributed by atoms with Crippen LogP contribution in [0.25, 0.3) is 0 Å². The molecule has 2 bridgehead atoms. The Hall–Kier alpha value is -3.02. The summed E-state index contributed by atoms with van der Waals surface area (Å²) in [6, 6.07) is 7.06. The fourth-order valence-corrected chi connectivity index (χ4v) is 9.07. The van der Waals surface area contributed by atoms with Crippen LogP contribution in [0.5, 0.6) is 0 Å². The van der Waals surface area contributed by atoms with E-state index in [0.29, 0.717) is 37.9 Å². The zero-order valence-corrected chi connectivity index (χ0v) is 31.9. The molecular weight excluding hydrogens is 702 g/mol. The van der Waals surface area contributed by atoms with Crippen LogP contribution in [0.4, 0.5) is 0 Å². The molecule has 50 heavy (non-hydrogen) atoms. The number of carbonyl (C=O) groups is 4. The number of nitrogens with zero attached hydrogens (tertiary/aromatic N) is 3. The highest BCUT2D eigenvalue weighted by molar-refractivity contribution is 9.09. The number of hydrogen-bond donors (Lipinski definition) is 1. The molecule has 9 atom stereocenters. The number of hydrogen-bond acceptors (Lipinski definition) is 7. The van der Waals surface area contributed by atoms with E-state index in [1.807, 2.05) is 51.1 Å². The standard InChI is InChI=1S/C39H56BrN3O7/c1-8-11-16-21-42(20-10-3)37(47)35-39-23-29(40)34(50-39)31(32(39)36(46)43(35)28(24-44)22-25(4)5)38(48)49-33(27-17-14-13-15-18-27)26(6)41(7)30(45)19-12-9-2/h9-10,13-15,17-18,25-26,28-29,31-35,44H,2-3,8,11-12,16,19-24H2,1,4-7H3/t26-,28+,29?,31+,32-,33+,34+,35+,39-/m0/s1. The lowest BCUT2D eigenvalue weighted by molar-refractivity contribution is -0.165. The maximum Gasteiger partial charge on any atom is 0.313 e. The molecule has 3 heterocycles. The molecule has 3 saturated heterocycles. The summed E-state index contributed by atoms with van der Waals surface area (Å²) in [4.78, 5) is 61.6. The van der Waals surface area contributed by atoms with Gasteiger partial charge in [-0.05, 0) is 44.1 Å². The molecule has 0 saturated carbocycles. The number of unbranched alkanes of at least 4 members (excludes halogenated alkanes) is 2. The average molecular weight is 759 g/mol. The summed E-state index contributed by atoms with van der Waals surface area (Å²) in [6.07, 6.45) is 6.18. The van der Waals surface area contributed by atoms with Crippen LogP contribution < -0.4 is 0 Å². The molecule has 11 heteroatoms. The molecule has 1 aromatic carbocycles. The van der Waals surface area contributed by atoms with Gasteiger partial charge in [0.15, 0.2) is 0 Å². The molecule has 10 nitrogen and oxygen atoms in total. The minimum absolute atomic E-state index is 0.108. The minimum Gasteiger partial charge on any atom is -0.455 e. The number of likely N-dealkylation sites (N-methyl/N-ethyl adjacent to an activating group) is 1. The molecule has 0 aromatic heterocycles. The number of amides is 3. The summed E-state index contributed by atoms with van der Waals surface area (Å²) in [5, 5.41) is 10.7. The van der Waals surface area contributed by atoms with Crippen molar-refractivity contribution in [3.8, 4) is 0 Å². The monoisotopic (exact) mass is 757 g/mol. The van der Waals surface area contributed by atoms with Gasteiger partial charge < -0.3 is 29.3 Å². The lowest BCUT2D eigenvalue weighted by Crippen LogP contribution is -2.59. The number of aliphatic hydroxyl groups excluding tert-OH is 1. The second-order valence-corrected chi connectivity index (χ2v) is 15.7. The largest absolute Gasteiger partial charge is 0.455 e. The molecule has 0 aliphatic carbocycles. The molecular formula is C39H56BrN3O7. The topological polar surface area (TPSA) is 117 Å². The Morgan fingerprint density at radius 3 is 2.46 bits per heavy atom. The molecule has 1 unspecified atom stereocenters. The first-order chi connectivity index (χ1) is 23.9. The second-order valence-electron chi connectivity index (χ2n) is 14.5. The summed E-state index contributed by atoms with van der Waals surface area (Å²) in [5.41, 5.74) is -0.584. The number of halogens is 1. The van der Waals surface area contributed by atoms with Gasteiger partial charge >= 0.3 is 5.97 Å². The van der Waals surface area contributed by atoms with Crippen molar-refractivity contribution in [1.82, 2.24) is 14.7 Å². The Morgan fingerprint density at radius 2 is 1.86 bits per heavy atom. The van der Waals surface area contributed by atoms with Crippen molar-refractivity contribution in [3.63, 3.8) is 0 Å². The summed E-state index contributed by atoms with van der Waals surface area (Å²) in [7, 11) is 1.69. The highest BCUT2D eigenvalue weighted by Gasteiger charge is 2.77. The molecule has 3 amide bonds. The number of esters is 1. The molecule has 1 aromatic rings. The zero-order valence-electron chi connectivity index (χ0n) is 30.3. The fraction of sp³-hybridized carbons (Fsp3) is 0.641. The van der Waals surface area contributed by atoms with Crippen LogP contribution >= 0.6 is 15.9 Å². The van der Waals surface area contributed by atoms with Crippen molar-refractivity contribution in [1.29, 1.82) is 0 Å². The number of rotatable bonds is 19. The van der Waals surface area contributed by atoms with E-state index in [1.54, 1.807) is 29.0 Å². The van der Waals surface area contributed by atoms with Gasteiger partial charge in [-0.15, -0.1) is 13.2 Å².